The number of benzene rings is 1. The summed E-state index contributed by atoms with van der Waals surface area (Å²) in [5.41, 5.74) is 1.76. The molecule has 1 amide bonds. The number of carbonyl (C=O) groups is 1. The van der Waals surface area contributed by atoms with Crippen molar-refractivity contribution in [2.75, 3.05) is 44.7 Å². The van der Waals surface area contributed by atoms with Crippen LogP contribution in [0.2, 0.25) is 5.02 Å². The number of likely N-dealkylation sites (tertiary alicyclic amines) is 2. The topological polar surface area (TPSA) is 61.8 Å². The van der Waals surface area contributed by atoms with E-state index in [0.717, 1.165) is 43.5 Å². The Hall–Kier alpha value is -2.85. The first-order valence-corrected chi connectivity index (χ1v) is 13.8. The summed E-state index contributed by atoms with van der Waals surface area (Å²) in [5, 5.41) is -0.320. The lowest BCUT2D eigenvalue weighted by Gasteiger charge is -2.36. The quantitative estimate of drug-likeness (QED) is 0.457. The van der Waals surface area contributed by atoms with Crippen LogP contribution in [0.15, 0.2) is 30.9 Å². The molecule has 5 rings (SSSR count). The molecule has 0 N–H and O–H groups in total. The van der Waals surface area contributed by atoms with Gasteiger partial charge in [0.25, 0.3) is 0 Å². The number of anilines is 1. The molecular formula is C28H33ClF3N5O2. The van der Waals surface area contributed by atoms with E-state index in [1.54, 1.807) is 15.9 Å². The second-order valence-corrected chi connectivity index (χ2v) is 10.9. The highest BCUT2D eigenvalue weighted by Gasteiger charge is 2.39. The second kappa shape index (κ2) is 11.3. The Kier molecular flexibility index (Phi) is 8.05. The molecule has 210 valence electrons. The first-order chi connectivity index (χ1) is 18.7. The maximum atomic E-state index is 13.9. The minimum absolute atomic E-state index is 0.0482. The zero-order chi connectivity index (χ0) is 27.7. The summed E-state index contributed by atoms with van der Waals surface area (Å²) in [6, 6.07) is 4.80. The number of piperidine rings is 1. The standard InChI is InChI=1S/C28H33ClF3N5O2/c1-3-24(38)36-13-9-18(10-14-36)26-20-11-15-37(23-8-4-7-21(29)25(23)28(30,31)32)16-22(20)33-27(34-26)39-17-19-6-5-12-35(19)2/h3-4,7-8,18-19H,1,5-6,9-17H2,2H3/t19-/m1/s1. The maximum Gasteiger partial charge on any atom is 0.419 e. The number of likely N-dealkylation sites (N-methyl/N-ethyl adjacent to an activating group) is 1. The van der Waals surface area contributed by atoms with Crippen molar-refractivity contribution >= 4 is 23.2 Å². The van der Waals surface area contributed by atoms with E-state index in [0.29, 0.717) is 38.4 Å². The summed E-state index contributed by atoms with van der Waals surface area (Å²) in [4.78, 5) is 27.4. The summed E-state index contributed by atoms with van der Waals surface area (Å²) in [5.74, 6) is 0.0241. The van der Waals surface area contributed by atoms with E-state index in [1.807, 2.05) is 0 Å². The molecule has 0 unspecified atom stereocenters. The van der Waals surface area contributed by atoms with Gasteiger partial charge in [-0.25, -0.2) is 0 Å². The normalized spacial score (nSPS) is 20.7. The largest absolute Gasteiger partial charge is 0.462 e. The van der Waals surface area contributed by atoms with Gasteiger partial charge >= 0.3 is 12.2 Å². The van der Waals surface area contributed by atoms with E-state index >= 15 is 0 Å². The second-order valence-electron chi connectivity index (χ2n) is 10.5. The van der Waals surface area contributed by atoms with Crippen molar-refractivity contribution in [3.8, 4) is 6.01 Å². The highest BCUT2D eigenvalue weighted by Crippen LogP contribution is 2.43. The number of hydrogen-bond acceptors (Lipinski definition) is 6. The monoisotopic (exact) mass is 563 g/mol. The molecular weight excluding hydrogens is 531 g/mol. The molecule has 39 heavy (non-hydrogen) atoms. The first-order valence-electron chi connectivity index (χ1n) is 13.4. The van der Waals surface area contributed by atoms with Gasteiger partial charge in [0, 0.05) is 31.6 Å². The van der Waals surface area contributed by atoms with Gasteiger partial charge in [0.15, 0.2) is 0 Å². The van der Waals surface area contributed by atoms with Crippen molar-refractivity contribution in [3.05, 3.63) is 58.4 Å². The van der Waals surface area contributed by atoms with Gasteiger partial charge in [0.2, 0.25) is 5.91 Å². The van der Waals surface area contributed by atoms with Gasteiger partial charge in [-0.1, -0.05) is 24.2 Å². The molecule has 1 aromatic carbocycles. The number of rotatable bonds is 6. The summed E-state index contributed by atoms with van der Waals surface area (Å²) in [6.07, 6.45) is 0.883. The average Bonchev–Trinajstić information content (AvgIpc) is 3.34. The molecule has 2 aromatic rings. The fraction of sp³-hybridized carbons (Fsp3) is 0.536. The number of alkyl halides is 3. The Balaban J connectivity index is 1.45. The van der Waals surface area contributed by atoms with Gasteiger partial charge < -0.3 is 19.4 Å². The number of nitrogens with zero attached hydrogens (tertiary/aromatic N) is 5. The van der Waals surface area contributed by atoms with E-state index in [2.05, 4.69) is 18.5 Å². The summed E-state index contributed by atoms with van der Waals surface area (Å²) in [7, 11) is 2.07. The number of amides is 1. The molecule has 0 radical (unpaired) electrons. The van der Waals surface area contributed by atoms with Crippen LogP contribution in [0, 0.1) is 0 Å². The summed E-state index contributed by atoms with van der Waals surface area (Å²) < 4.78 is 47.9. The molecule has 0 saturated carbocycles. The summed E-state index contributed by atoms with van der Waals surface area (Å²) >= 11 is 6.01. The van der Waals surface area contributed by atoms with Crippen LogP contribution in [0.1, 0.15) is 54.1 Å². The van der Waals surface area contributed by atoms with Gasteiger partial charge in [-0.15, -0.1) is 0 Å². The Labute approximate surface area is 231 Å². The molecule has 1 aromatic heterocycles. The van der Waals surface area contributed by atoms with E-state index < -0.39 is 11.7 Å². The highest BCUT2D eigenvalue weighted by atomic mass is 35.5. The highest BCUT2D eigenvalue weighted by molar-refractivity contribution is 6.31. The Morgan fingerprint density at radius 2 is 1.95 bits per heavy atom. The van der Waals surface area contributed by atoms with Gasteiger partial charge in [-0.05, 0) is 69.5 Å². The fourth-order valence-corrected chi connectivity index (χ4v) is 6.24. The van der Waals surface area contributed by atoms with Crippen LogP contribution in [-0.2, 0) is 23.9 Å². The molecule has 3 aliphatic heterocycles. The fourth-order valence-electron chi connectivity index (χ4n) is 5.96. The number of fused-ring (bicyclic) bond motifs is 1. The van der Waals surface area contributed by atoms with E-state index in [-0.39, 0.29) is 41.1 Å². The van der Waals surface area contributed by atoms with Crippen LogP contribution < -0.4 is 9.64 Å². The third-order valence-electron chi connectivity index (χ3n) is 8.14. The maximum absolute atomic E-state index is 13.9. The smallest absolute Gasteiger partial charge is 0.419 e. The third-order valence-corrected chi connectivity index (χ3v) is 8.45. The lowest BCUT2D eigenvalue weighted by Crippen LogP contribution is -2.38. The zero-order valence-corrected chi connectivity index (χ0v) is 22.8. The van der Waals surface area contributed by atoms with Crippen LogP contribution in [0.5, 0.6) is 6.01 Å². The number of carbonyl (C=O) groups excluding carboxylic acids is 1. The molecule has 0 bridgehead atoms. The van der Waals surface area contributed by atoms with Crippen LogP contribution in [-0.4, -0.2) is 71.6 Å². The molecule has 0 spiro atoms. The first kappa shape index (κ1) is 27.7. The number of aromatic nitrogens is 2. The summed E-state index contributed by atoms with van der Waals surface area (Å²) in [6.45, 7) is 6.83. The predicted molar refractivity (Wildman–Crippen MR) is 143 cm³/mol. The van der Waals surface area contributed by atoms with Crippen molar-refractivity contribution in [1.29, 1.82) is 0 Å². The lowest BCUT2D eigenvalue weighted by atomic mass is 9.87. The van der Waals surface area contributed by atoms with E-state index in [9.17, 15) is 18.0 Å². The van der Waals surface area contributed by atoms with Gasteiger partial charge in [-0.3, -0.25) is 4.79 Å². The van der Waals surface area contributed by atoms with Gasteiger partial charge in [0.1, 0.15) is 6.61 Å². The van der Waals surface area contributed by atoms with E-state index in [1.165, 1.54) is 18.2 Å². The van der Waals surface area contributed by atoms with Crippen LogP contribution in [0.3, 0.4) is 0 Å². The lowest BCUT2D eigenvalue weighted by molar-refractivity contribution is -0.137. The Bertz CT molecular complexity index is 1230. The van der Waals surface area contributed by atoms with Crippen LogP contribution >= 0.6 is 11.6 Å². The molecule has 4 heterocycles. The third kappa shape index (κ3) is 5.87. The molecule has 2 fully saturated rings. The van der Waals surface area contributed by atoms with Crippen molar-refractivity contribution < 1.29 is 22.7 Å². The van der Waals surface area contributed by atoms with Crippen LogP contribution in [0.4, 0.5) is 18.9 Å². The van der Waals surface area contributed by atoms with Crippen molar-refractivity contribution in [2.24, 2.45) is 0 Å². The van der Waals surface area contributed by atoms with Crippen LogP contribution in [0.25, 0.3) is 0 Å². The average molecular weight is 564 g/mol. The van der Waals surface area contributed by atoms with Crippen molar-refractivity contribution in [1.82, 2.24) is 19.8 Å². The molecule has 2 saturated heterocycles. The van der Waals surface area contributed by atoms with Crippen molar-refractivity contribution in [2.45, 2.75) is 56.8 Å². The Morgan fingerprint density at radius 3 is 2.62 bits per heavy atom. The van der Waals surface area contributed by atoms with Gasteiger partial charge in [0.05, 0.1) is 34.2 Å². The number of ether oxygens (including phenoxy) is 1. The van der Waals surface area contributed by atoms with E-state index in [4.69, 9.17) is 26.3 Å². The SMILES string of the molecule is C=CC(=O)N1CCC(c2nc(OC[C@H]3CCCN3C)nc3c2CCN(c2cccc(Cl)c2C(F)(F)F)C3)CC1. The molecule has 11 heteroatoms. The molecule has 1 atom stereocenters. The molecule has 0 aliphatic carbocycles. The molecule has 3 aliphatic rings. The zero-order valence-electron chi connectivity index (χ0n) is 22.0. The van der Waals surface area contributed by atoms with Gasteiger partial charge in [-0.2, -0.15) is 23.1 Å². The predicted octanol–water partition coefficient (Wildman–Crippen LogP) is 5.08. The minimum Gasteiger partial charge on any atom is -0.462 e. The number of halogens is 4. The Morgan fingerprint density at radius 1 is 1.18 bits per heavy atom. The number of hydrogen-bond donors (Lipinski definition) is 0. The van der Waals surface area contributed by atoms with Crippen molar-refractivity contribution in [3.63, 3.8) is 0 Å². The molecule has 7 nitrogen and oxygen atoms in total. The minimum atomic E-state index is -4.58.